The van der Waals surface area contributed by atoms with E-state index >= 15 is 0 Å². The number of carbonyl (C=O) groups excluding carboxylic acids is 5. The van der Waals surface area contributed by atoms with Crippen LogP contribution in [-0.4, -0.2) is 74.7 Å². The maximum Gasteiger partial charge on any atom is 0.326 e. The van der Waals surface area contributed by atoms with E-state index in [2.05, 4.69) is 25.9 Å². The van der Waals surface area contributed by atoms with Crippen molar-refractivity contribution in [3.8, 4) is 0 Å². The first-order chi connectivity index (χ1) is 15.4. The van der Waals surface area contributed by atoms with Crippen molar-refractivity contribution in [1.29, 1.82) is 0 Å². The summed E-state index contributed by atoms with van der Waals surface area (Å²) in [5.41, 5.74) is 16.1. The normalized spacial score (nSPS) is 14.2. The monoisotopic (exact) mass is 468 g/mol. The van der Waals surface area contributed by atoms with Gasteiger partial charge in [0.05, 0.1) is 18.8 Å². The van der Waals surface area contributed by atoms with Crippen LogP contribution in [0.5, 0.6) is 0 Å². The van der Waals surface area contributed by atoms with Gasteiger partial charge < -0.3 is 43.2 Å². The van der Waals surface area contributed by atoms with E-state index in [0.29, 0.717) is 5.69 Å². The summed E-state index contributed by atoms with van der Waals surface area (Å²) in [6.07, 6.45) is 1.42. The highest BCUT2D eigenvalue weighted by Crippen LogP contribution is 2.04. The van der Waals surface area contributed by atoms with Gasteiger partial charge >= 0.3 is 5.97 Å². The first kappa shape index (κ1) is 27.0. The Balaban J connectivity index is 2.98. The van der Waals surface area contributed by atoms with Crippen LogP contribution in [0.25, 0.3) is 0 Å². The Morgan fingerprint density at radius 2 is 1.55 bits per heavy atom. The summed E-state index contributed by atoms with van der Waals surface area (Å²) in [5.74, 6) is -5.69. The Labute approximate surface area is 188 Å². The number of aliphatic carboxylic acids is 1. The smallest absolute Gasteiger partial charge is 0.326 e. The molecule has 0 aliphatic rings. The van der Waals surface area contributed by atoms with Gasteiger partial charge in [-0.2, -0.15) is 0 Å². The van der Waals surface area contributed by atoms with E-state index in [1.165, 1.54) is 19.4 Å². The molecule has 4 unspecified atom stereocenters. The van der Waals surface area contributed by atoms with Gasteiger partial charge in [-0.15, -0.1) is 0 Å². The number of amides is 5. The van der Waals surface area contributed by atoms with Crippen molar-refractivity contribution in [1.82, 2.24) is 25.9 Å². The number of carboxylic acids is 1. The lowest BCUT2D eigenvalue weighted by molar-refractivity contribution is -0.142. The van der Waals surface area contributed by atoms with E-state index in [9.17, 15) is 33.9 Å². The van der Waals surface area contributed by atoms with Crippen molar-refractivity contribution in [2.45, 2.75) is 56.8 Å². The zero-order valence-corrected chi connectivity index (χ0v) is 17.9. The lowest BCUT2D eigenvalue weighted by Gasteiger charge is -2.24. The molecule has 33 heavy (non-hydrogen) atoms. The number of imidazole rings is 1. The van der Waals surface area contributed by atoms with Gasteiger partial charge in [0, 0.05) is 24.7 Å². The largest absolute Gasteiger partial charge is 0.480 e. The first-order valence-electron chi connectivity index (χ1n) is 9.84. The number of aromatic amines is 1. The molecule has 1 aromatic rings. The first-order valence-corrected chi connectivity index (χ1v) is 9.84. The highest BCUT2D eigenvalue weighted by molar-refractivity contribution is 5.96. The van der Waals surface area contributed by atoms with Crippen LogP contribution in [0.2, 0.25) is 0 Å². The maximum atomic E-state index is 12.7. The van der Waals surface area contributed by atoms with Crippen LogP contribution in [0.1, 0.15) is 31.9 Å². The second-order valence-corrected chi connectivity index (χ2v) is 7.27. The van der Waals surface area contributed by atoms with Crippen LogP contribution in [-0.2, 0) is 35.2 Å². The number of nitrogens with one attached hydrogen (secondary N) is 4. The Morgan fingerprint density at radius 3 is 2.03 bits per heavy atom. The number of nitrogens with zero attached hydrogens (tertiary/aromatic N) is 1. The molecule has 0 fully saturated rings. The van der Waals surface area contributed by atoms with E-state index in [1.807, 2.05) is 0 Å². The topological polar surface area (TPSA) is 265 Å². The molecule has 11 N–H and O–H groups in total. The molecular formula is C18H28N8O7. The molecule has 0 aromatic carbocycles. The molecule has 0 aliphatic heterocycles. The Morgan fingerprint density at radius 1 is 0.970 bits per heavy atom. The number of hydrogen-bond acceptors (Lipinski definition) is 8. The van der Waals surface area contributed by atoms with E-state index < -0.39 is 66.1 Å². The summed E-state index contributed by atoms with van der Waals surface area (Å²) in [7, 11) is 0. The standard InChI is InChI=1S/C18H28N8O7/c1-8(19)15(29)24-10(2-3-13(20)27)16(30)25-11(5-14(21)28)17(31)26-12(18(32)33)4-9-6-22-7-23-9/h6-8,10-12H,2-5,19H2,1H3,(H2,20,27)(H2,21,28)(H,22,23)(H,24,29)(H,25,30)(H,26,31)(H,32,33). The van der Waals surface area contributed by atoms with Crippen LogP contribution >= 0.6 is 0 Å². The summed E-state index contributed by atoms with van der Waals surface area (Å²) in [4.78, 5) is 77.8. The average Bonchev–Trinajstić information content (AvgIpc) is 3.22. The van der Waals surface area contributed by atoms with Gasteiger partial charge in [-0.05, 0) is 13.3 Å². The van der Waals surface area contributed by atoms with Gasteiger partial charge in [0.2, 0.25) is 29.5 Å². The minimum Gasteiger partial charge on any atom is -0.480 e. The summed E-state index contributed by atoms with van der Waals surface area (Å²) in [6, 6.07) is -5.24. The Bertz CT molecular complexity index is 871. The Hall–Kier alpha value is -4.01. The summed E-state index contributed by atoms with van der Waals surface area (Å²) in [6.45, 7) is 1.37. The highest BCUT2D eigenvalue weighted by atomic mass is 16.4. The minimum absolute atomic E-state index is 0.149. The molecule has 0 radical (unpaired) electrons. The second kappa shape index (κ2) is 12.7. The number of hydrogen-bond donors (Lipinski definition) is 8. The molecule has 1 rings (SSSR count). The number of nitrogens with two attached hydrogens (primary N) is 3. The molecule has 1 aromatic heterocycles. The fourth-order valence-corrected chi connectivity index (χ4v) is 2.63. The second-order valence-electron chi connectivity index (χ2n) is 7.27. The van der Waals surface area contributed by atoms with E-state index in [0.717, 1.165) is 0 Å². The quantitative estimate of drug-likeness (QED) is 0.132. The number of carboxylic acid groups (broad SMARTS) is 1. The van der Waals surface area contributed by atoms with Crippen molar-refractivity contribution in [2.24, 2.45) is 17.2 Å². The third-order valence-corrected chi connectivity index (χ3v) is 4.36. The van der Waals surface area contributed by atoms with Crippen molar-refractivity contribution in [3.63, 3.8) is 0 Å². The number of rotatable bonds is 14. The van der Waals surface area contributed by atoms with Gasteiger partial charge in [0.15, 0.2) is 0 Å². The van der Waals surface area contributed by atoms with E-state index in [-0.39, 0.29) is 19.3 Å². The number of carbonyl (C=O) groups is 6. The molecule has 0 spiro atoms. The third-order valence-electron chi connectivity index (χ3n) is 4.36. The number of H-pyrrole nitrogens is 1. The van der Waals surface area contributed by atoms with Crippen molar-refractivity contribution in [3.05, 3.63) is 18.2 Å². The fraction of sp³-hybridized carbons (Fsp3) is 0.500. The molecule has 0 saturated carbocycles. The van der Waals surface area contributed by atoms with Crippen LogP contribution in [0.15, 0.2) is 12.5 Å². The van der Waals surface area contributed by atoms with Gasteiger partial charge in [0.1, 0.15) is 18.1 Å². The lowest BCUT2D eigenvalue weighted by Crippen LogP contribution is -2.57. The van der Waals surface area contributed by atoms with Crippen LogP contribution in [0.4, 0.5) is 0 Å². The summed E-state index contributed by atoms with van der Waals surface area (Å²) in [5, 5.41) is 16.2. The van der Waals surface area contributed by atoms with Gasteiger partial charge in [0.25, 0.3) is 0 Å². The molecule has 0 bridgehead atoms. The highest BCUT2D eigenvalue weighted by Gasteiger charge is 2.31. The van der Waals surface area contributed by atoms with Gasteiger partial charge in [-0.25, -0.2) is 9.78 Å². The minimum atomic E-state index is -1.55. The molecule has 0 saturated heterocycles. The average molecular weight is 468 g/mol. The van der Waals surface area contributed by atoms with Gasteiger partial charge in [-0.1, -0.05) is 0 Å². The van der Waals surface area contributed by atoms with Gasteiger partial charge in [-0.3, -0.25) is 24.0 Å². The molecule has 4 atom stereocenters. The molecule has 182 valence electrons. The van der Waals surface area contributed by atoms with Crippen LogP contribution in [0, 0.1) is 0 Å². The van der Waals surface area contributed by atoms with E-state index in [1.54, 1.807) is 0 Å². The Kier molecular flexibility index (Phi) is 10.4. The van der Waals surface area contributed by atoms with Crippen LogP contribution in [0.3, 0.4) is 0 Å². The molecule has 5 amide bonds. The lowest BCUT2D eigenvalue weighted by atomic mass is 10.1. The van der Waals surface area contributed by atoms with Crippen LogP contribution < -0.4 is 33.2 Å². The molecule has 0 aliphatic carbocycles. The molecular weight excluding hydrogens is 440 g/mol. The molecule has 1 heterocycles. The predicted molar refractivity (Wildman–Crippen MR) is 112 cm³/mol. The molecule has 15 heteroatoms. The van der Waals surface area contributed by atoms with Crippen molar-refractivity contribution >= 4 is 35.5 Å². The van der Waals surface area contributed by atoms with E-state index in [4.69, 9.17) is 17.2 Å². The summed E-state index contributed by atoms with van der Waals surface area (Å²) >= 11 is 0. The fourth-order valence-electron chi connectivity index (χ4n) is 2.63. The maximum absolute atomic E-state index is 12.7. The SMILES string of the molecule is CC(N)C(=O)NC(CCC(N)=O)C(=O)NC(CC(N)=O)C(=O)NC(Cc1cnc[nH]1)C(=O)O. The summed E-state index contributed by atoms with van der Waals surface area (Å²) < 4.78 is 0. The van der Waals surface area contributed by atoms with Crippen molar-refractivity contribution in [2.75, 3.05) is 0 Å². The number of primary amides is 2. The van der Waals surface area contributed by atoms with Crippen molar-refractivity contribution < 1.29 is 33.9 Å². The predicted octanol–water partition coefficient (Wildman–Crippen LogP) is -4.02. The molecule has 15 nitrogen and oxygen atoms in total. The zero-order valence-electron chi connectivity index (χ0n) is 17.9. The number of aromatic nitrogens is 2. The zero-order chi connectivity index (χ0) is 25.1. The third kappa shape index (κ3) is 9.77.